The first-order valence-electron chi connectivity index (χ1n) is 11.3. The number of carbonyl (C=O) groups excluding carboxylic acids is 2. The molecule has 1 atom stereocenters. The van der Waals surface area contributed by atoms with Gasteiger partial charge in [0.15, 0.2) is 0 Å². The maximum Gasteiger partial charge on any atom is 0.251 e. The summed E-state index contributed by atoms with van der Waals surface area (Å²) < 4.78 is 27.2. The predicted octanol–water partition coefficient (Wildman–Crippen LogP) is 2.23. The van der Waals surface area contributed by atoms with Crippen LogP contribution in [0, 0.1) is 0 Å². The predicted molar refractivity (Wildman–Crippen MR) is 129 cm³/mol. The molecule has 33 heavy (non-hydrogen) atoms. The zero-order chi connectivity index (χ0) is 23.8. The highest BCUT2D eigenvalue weighted by atomic mass is 32.2. The second-order valence-electron chi connectivity index (χ2n) is 8.16. The third-order valence-corrected chi connectivity index (χ3v) is 7.38. The van der Waals surface area contributed by atoms with E-state index < -0.39 is 10.0 Å². The number of anilines is 1. The number of rotatable bonds is 9. The lowest BCUT2D eigenvalue weighted by atomic mass is 10.2. The molecule has 1 fully saturated rings. The van der Waals surface area contributed by atoms with Crippen molar-refractivity contribution in [1.82, 2.24) is 14.9 Å². The molecule has 2 N–H and O–H groups in total. The van der Waals surface area contributed by atoms with Crippen LogP contribution in [0.5, 0.6) is 0 Å². The van der Waals surface area contributed by atoms with Crippen LogP contribution in [-0.2, 0) is 14.8 Å². The Morgan fingerprint density at radius 1 is 0.970 bits per heavy atom. The van der Waals surface area contributed by atoms with E-state index in [-0.39, 0.29) is 35.7 Å². The first-order chi connectivity index (χ1) is 15.8. The molecular weight excluding hydrogens is 440 g/mol. The Morgan fingerprint density at radius 2 is 1.61 bits per heavy atom. The van der Waals surface area contributed by atoms with Gasteiger partial charge in [0.1, 0.15) is 0 Å². The third-order valence-electron chi connectivity index (χ3n) is 5.77. The van der Waals surface area contributed by atoms with Crippen molar-refractivity contribution >= 4 is 27.5 Å². The molecule has 0 aliphatic carbocycles. The molecule has 3 rings (SSSR count). The third kappa shape index (κ3) is 6.79. The summed E-state index contributed by atoms with van der Waals surface area (Å²) in [6.07, 6.45) is 0.906. The van der Waals surface area contributed by atoms with Gasteiger partial charge in [0, 0.05) is 56.4 Å². The molecule has 0 saturated carbocycles. The monoisotopic (exact) mass is 472 g/mol. The largest absolute Gasteiger partial charge is 0.368 e. The van der Waals surface area contributed by atoms with Gasteiger partial charge in [-0.05, 0) is 49.7 Å². The van der Waals surface area contributed by atoms with E-state index >= 15 is 0 Å². The van der Waals surface area contributed by atoms with E-state index in [2.05, 4.69) is 27.1 Å². The van der Waals surface area contributed by atoms with Crippen LogP contribution < -0.4 is 14.9 Å². The van der Waals surface area contributed by atoms with Crippen molar-refractivity contribution in [2.45, 2.75) is 37.6 Å². The summed E-state index contributed by atoms with van der Waals surface area (Å²) >= 11 is 0. The fourth-order valence-corrected chi connectivity index (χ4v) is 4.92. The quantitative estimate of drug-likeness (QED) is 0.583. The maximum absolute atomic E-state index is 12.5. The van der Waals surface area contributed by atoms with Gasteiger partial charge in [-0.2, -0.15) is 0 Å². The molecule has 178 valence electrons. The summed E-state index contributed by atoms with van der Waals surface area (Å²) in [4.78, 5) is 29.1. The number of carbonyl (C=O) groups is 2. The van der Waals surface area contributed by atoms with Crippen LogP contribution in [0.15, 0.2) is 59.5 Å². The summed E-state index contributed by atoms with van der Waals surface area (Å²) in [5, 5.41) is 2.74. The van der Waals surface area contributed by atoms with Gasteiger partial charge in [-0.15, -0.1) is 0 Å². The summed E-state index contributed by atoms with van der Waals surface area (Å²) in [5.41, 5.74) is 1.51. The smallest absolute Gasteiger partial charge is 0.251 e. The molecule has 1 unspecified atom stereocenters. The van der Waals surface area contributed by atoms with Gasteiger partial charge >= 0.3 is 0 Å². The van der Waals surface area contributed by atoms with Gasteiger partial charge in [-0.3, -0.25) is 9.59 Å². The van der Waals surface area contributed by atoms with E-state index in [0.29, 0.717) is 25.1 Å². The number of amides is 2. The van der Waals surface area contributed by atoms with Gasteiger partial charge < -0.3 is 15.1 Å². The number of benzene rings is 2. The minimum absolute atomic E-state index is 0.0144. The van der Waals surface area contributed by atoms with E-state index in [1.165, 1.54) is 24.3 Å². The first-order valence-corrected chi connectivity index (χ1v) is 12.8. The Kier molecular flexibility index (Phi) is 8.46. The van der Waals surface area contributed by atoms with Gasteiger partial charge in [0.2, 0.25) is 15.9 Å². The SMILES string of the molecule is CCC(C)NS(=O)(=O)c1ccc(C(=O)NCCC(=O)N2CCN(c3ccccc3)CC2)cc1. The highest BCUT2D eigenvalue weighted by molar-refractivity contribution is 7.89. The molecule has 2 amide bonds. The number of hydrogen-bond acceptors (Lipinski definition) is 5. The first kappa shape index (κ1) is 24.7. The van der Waals surface area contributed by atoms with E-state index in [4.69, 9.17) is 0 Å². The van der Waals surface area contributed by atoms with Crippen LogP contribution in [0.1, 0.15) is 37.0 Å². The van der Waals surface area contributed by atoms with Crippen LogP contribution in [-0.4, -0.2) is 63.9 Å². The number of nitrogens with one attached hydrogen (secondary N) is 2. The topological polar surface area (TPSA) is 98.8 Å². The molecule has 0 bridgehead atoms. The van der Waals surface area contributed by atoms with Gasteiger partial charge in [-0.1, -0.05) is 25.1 Å². The number of nitrogens with zero attached hydrogens (tertiary/aromatic N) is 2. The second kappa shape index (κ2) is 11.3. The minimum Gasteiger partial charge on any atom is -0.368 e. The number of sulfonamides is 1. The molecule has 0 spiro atoms. The molecule has 9 heteroatoms. The Balaban J connectivity index is 1.43. The second-order valence-corrected chi connectivity index (χ2v) is 9.88. The Morgan fingerprint density at radius 3 is 2.21 bits per heavy atom. The molecular formula is C24H32N4O4S. The van der Waals surface area contributed by atoms with Crippen LogP contribution in [0.2, 0.25) is 0 Å². The number of para-hydroxylation sites is 1. The highest BCUT2D eigenvalue weighted by Gasteiger charge is 2.21. The molecule has 2 aromatic rings. The molecule has 8 nitrogen and oxygen atoms in total. The van der Waals surface area contributed by atoms with Crippen molar-refractivity contribution in [3.05, 3.63) is 60.2 Å². The number of piperazine rings is 1. The van der Waals surface area contributed by atoms with Crippen molar-refractivity contribution in [3.63, 3.8) is 0 Å². The average molecular weight is 473 g/mol. The van der Waals surface area contributed by atoms with Crippen molar-refractivity contribution in [2.24, 2.45) is 0 Å². The maximum atomic E-state index is 12.5. The van der Waals surface area contributed by atoms with Crippen molar-refractivity contribution in [3.8, 4) is 0 Å². The standard InChI is InChI=1S/C24H32N4O4S/c1-3-19(2)26-33(31,32)22-11-9-20(10-12-22)24(30)25-14-13-23(29)28-17-15-27(16-18-28)21-7-5-4-6-8-21/h4-12,19,26H,3,13-18H2,1-2H3,(H,25,30). The zero-order valence-electron chi connectivity index (χ0n) is 19.2. The zero-order valence-corrected chi connectivity index (χ0v) is 20.0. The lowest BCUT2D eigenvalue weighted by molar-refractivity contribution is -0.131. The van der Waals surface area contributed by atoms with Crippen LogP contribution in [0.4, 0.5) is 5.69 Å². The summed E-state index contributed by atoms with van der Waals surface area (Å²) in [6, 6.07) is 15.7. The fraction of sp³-hybridized carbons (Fsp3) is 0.417. The summed E-state index contributed by atoms with van der Waals surface area (Å²) in [6.45, 7) is 6.79. The van der Waals surface area contributed by atoms with Crippen LogP contribution in [0.25, 0.3) is 0 Å². The van der Waals surface area contributed by atoms with Crippen LogP contribution >= 0.6 is 0 Å². The van der Waals surface area contributed by atoms with Gasteiger partial charge in [-0.25, -0.2) is 13.1 Å². The lowest BCUT2D eigenvalue weighted by Crippen LogP contribution is -2.49. The van der Waals surface area contributed by atoms with E-state index in [0.717, 1.165) is 18.8 Å². The van der Waals surface area contributed by atoms with Crippen molar-refractivity contribution in [2.75, 3.05) is 37.6 Å². The molecule has 1 aliphatic rings. The van der Waals surface area contributed by atoms with E-state index in [1.807, 2.05) is 30.0 Å². The lowest BCUT2D eigenvalue weighted by Gasteiger charge is -2.36. The molecule has 0 radical (unpaired) electrons. The Bertz CT molecular complexity index is 1030. The van der Waals surface area contributed by atoms with Gasteiger partial charge in [0.05, 0.1) is 4.90 Å². The molecule has 1 saturated heterocycles. The minimum atomic E-state index is -3.61. The Hall–Kier alpha value is -2.91. The summed E-state index contributed by atoms with van der Waals surface area (Å²) in [7, 11) is -3.61. The van der Waals surface area contributed by atoms with Gasteiger partial charge in [0.25, 0.3) is 5.91 Å². The highest BCUT2D eigenvalue weighted by Crippen LogP contribution is 2.16. The van der Waals surface area contributed by atoms with Crippen molar-refractivity contribution in [1.29, 1.82) is 0 Å². The molecule has 1 heterocycles. The van der Waals surface area contributed by atoms with Crippen molar-refractivity contribution < 1.29 is 18.0 Å². The molecule has 0 aromatic heterocycles. The molecule has 2 aromatic carbocycles. The Labute approximate surface area is 196 Å². The normalized spacial score (nSPS) is 15.2. The average Bonchev–Trinajstić information content (AvgIpc) is 2.84. The fourth-order valence-electron chi connectivity index (χ4n) is 3.60. The number of hydrogen-bond donors (Lipinski definition) is 2. The van der Waals surface area contributed by atoms with E-state index in [1.54, 1.807) is 6.92 Å². The summed E-state index contributed by atoms with van der Waals surface area (Å²) in [5.74, 6) is -0.323. The van der Waals surface area contributed by atoms with E-state index in [9.17, 15) is 18.0 Å². The molecule has 1 aliphatic heterocycles. The van der Waals surface area contributed by atoms with Crippen LogP contribution in [0.3, 0.4) is 0 Å².